The van der Waals surface area contributed by atoms with Gasteiger partial charge in [-0.25, -0.2) is 0 Å². The first-order valence-corrected chi connectivity index (χ1v) is 10.6. The highest BCUT2D eigenvalue weighted by molar-refractivity contribution is 4.70. The van der Waals surface area contributed by atoms with Crippen molar-refractivity contribution < 1.29 is 19.7 Å². The molecule has 1 aliphatic rings. The molecule has 25 heavy (non-hydrogen) atoms. The zero-order valence-electron chi connectivity index (χ0n) is 17.2. The number of ether oxygens (including phenoxy) is 2. The average molecular weight is 361 g/mol. The Labute approximate surface area is 156 Å². The van der Waals surface area contributed by atoms with Gasteiger partial charge in [0.25, 0.3) is 0 Å². The van der Waals surface area contributed by atoms with Gasteiger partial charge in [0.2, 0.25) is 0 Å². The molecular formula is C21H44O4. The van der Waals surface area contributed by atoms with Crippen LogP contribution in [0.1, 0.15) is 85.5 Å². The molecule has 4 heteroatoms. The Bertz CT molecular complexity index is 269. The molecule has 0 bridgehead atoms. The van der Waals surface area contributed by atoms with Crippen molar-refractivity contribution >= 4 is 0 Å². The quantitative estimate of drug-likeness (QED) is 0.535. The van der Waals surface area contributed by atoms with Gasteiger partial charge in [0.05, 0.1) is 25.4 Å². The van der Waals surface area contributed by atoms with Gasteiger partial charge >= 0.3 is 0 Å². The second-order valence-corrected chi connectivity index (χ2v) is 7.40. The van der Waals surface area contributed by atoms with E-state index >= 15 is 0 Å². The molecule has 0 radical (unpaired) electrons. The van der Waals surface area contributed by atoms with Gasteiger partial charge in [0, 0.05) is 19.6 Å². The number of aliphatic hydroxyl groups is 2. The van der Waals surface area contributed by atoms with Crippen LogP contribution in [0.5, 0.6) is 0 Å². The van der Waals surface area contributed by atoms with Gasteiger partial charge < -0.3 is 19.7 Å². The summed E-state index contributed by atoms with van der Waals surface area (Å²) < 4.78 is 11.1. The van der Waals surface area contributed by atoms with Crippen LogP contribution in [0.15, 0.2) is 0 Å². The van der Waals surface area contributed by atoms with Crippen LogP contribution in [0.2, 0.25) is 0 Å². The van der Waals surface area contributed by atoms with Crippen molar-refractivity contribution in [2.45, 2.75) is 97.7 Å². The van der Waals surface area contributed by atoms with Gasteiger partial charge in [-0.1, -0.05) is 66.2 Å². The first-order chi connectivity index (χ1) is 12.1. The van der Waals surface area contributed by atoms with Crippen molar-refractivity contribution in [1.82, 2.24) is 0 Å². The highest BCUT2D eigenvalue weighted by Gasteiger charge is 2.22. The SMILES string of the molecule is CCCCC(CC)CO.CCCCC(CC)COC1COCC(O)C1. The Balaban J connectivity index is 0.000000547. The summed E-state index contributed by atoms with van der Waals surface area (Å²) in [5.41, 5.74) is 0. The topological polar surface area (TPSA) is 58.9 Å². The highest BCUT2D eigenvalue weighted by Crippen LogP contribution is 2.17. The Morgan fingerprint density at radius 3 is 2.04 bits per heavy atom. The zero-order chi connectivity index (χ0) is 18.9. The smallest absolute Gasteiger partial charge is 0.0834 e. The molecule has 1 saturated heterocycles. The van der Waals surface area contributed by atoms with E-state index in [1.54, 1.807) is 0 Å². The predicted octanol–water partition coefficient (Wildman–Crippen LogP) is 4.56. The Morgan fingerprint density at radius 2 is 1.56 bits per heavy atom. The van der Waals surface area contributed by atoms with Crippen LogP contribution < -0.4 is 0 Å². The second kappa shape index (κ2) is 17.3. The molecule has 0 saturated carbocycles. The van der Waals surface area contributed by atoms with Gasteiger partial charge in [0.15, 0.2) is 0 Å². The molecule has 0 aromatic rings. The van der Waals surface area contributed by atoms with Crippen molar-refractivity contribution in [3.05, 3.63) is 0 Å². The summed E-state index contributed by atoms with van der Waals surface area (Å²) in [5, 5.41) is 18.2. The van der Waals surface area contributed by atoms with Crippen LogP contribution in [-0.2, 0) is 9.47 Å². The maximum absolute atomic E-state index is 9.44. The van der Waals surface area contributed by atoms with Crippen LogP contribution >= 0.6 is 0 Å². The predicted molar refractivity (Wildman–Crippen MR) is 105 cm³/mol. The standard InChI is InChI=1S/C13H26O3.C8H18O/c1-3-5-6-11(4-2)8-16-13-7-12(14)9-15-10-13;1-3-5-6-8(4-2)7-9/h11-14H,3-10H2,1-2H3;8-9H,3-7H2,1-2H3. The van der Waals surface area contributed by atoms with Crippen molar-refractivity contribution in [2.75, 3.05) is 26.4 Å². The number of unbranched alkanes of at least 4 members (excludes halogenated alkanes) is 2. The number of rotatable bonds is 12. The summed E-state index contributed by atoms with van der Waals surface area (Å²) in [6, 6.07) is 0. The van der Waals surface area contributed by atoms with E-state index in [-0.39, 0.29) is 12.2 Å². The molecule has 1 rings (SSSR count). The molecule has 152 valence electrons. The molecule has 2 N–H and O–H groups in total. The lowest BCUT2D eigenvalue weighted by atomic mass is 10.0. The molecule has 0 aliphatic carbocycles. The lowest BCUT2D eigenvalue weighted by molar-refractivity contribution is -0.105. The Hall–Kier alpha value is -0.160. The molecule has 0 aromatic heterocycles. The van der Waals surface area contributed by atoms with E-state index in [0.717, 1.165) is 19.4 Å². The summed E-state index contributed by atoms with van der Waals surface area (Å²) in [7, 11) is 0. The third kappa shape index (κ3) is 13.7. The minimum Gasteiger partial charge on any atom is -0.396 e. The first-order valence-electron chi connectivity index (χ1n) is 10.6. The summed E-state index contributed by atoms with van der Waals surface area (Å²) in [4.78, 5) is 0. The summed E-state index contributed by atoms with van der Waals surface area (Å²) in [6.07, 6.45) is 10.3. The van der Waals surface area contributed by atoms with Crippen molar-refractivity contribution in [3.8, 4) is 0 Å². The van der Waals surface area contributed by atoms with E-state index in [1.165, 1.54) is 44.9 Å². The largest absolute Gasteiger partial charge is 0.396 e. The van der Waals surface area contributed by atoms with E-state index in [1.807, 2.05) is 0 Å². The van der Waals surface area contributed by atoms with E-state index in [2.05, 4.69) is 27.7 Å². The molecule has 1 fully saturated rings. The molecule has 0 aromatic carbocycles. The van der Waals surface area contributed by atoms with Crippen LogP contribution in [0.4, 0.5) is 0 Å². The van der Waals surface area contributed by atoms with Gasteiger partial charge in [-0.3, -0.25) is 0 Å². The summed E-state index contributed by atoms with van der Waals surface area (Å²) >= 11 is 0. The van der Waals surface area contributed by atoms with Crippen molar-refractivity contribution in [3.63, 3.8) is 0 Å². The van der Waals surface area contributed by atoms with E-state index in [0.29, 0.717) is 31.7 Å². The molecule has 0 spiro atoms. The molecule has 4 nitrogen and oxygen atoms in total. The van der Waals surface area contributed by atoms with Crippen LogP contribution in [0, 0.1) is 11.8 Å². The molecule has 0 amide bonds. The molecule has 1 aliphatic heterocycles. The van der Waals surface area contributed by atoms with E-state index < -0.39 is 0 Å². The monoisotopic (exact) mass is 360 g/mol. The van der Waals surface area contributed by atoms with Crippen LogP contribution in [0.3, 0.4) is 0 Å². The normalized spacial score (nSPS) is 22.8. The average Bonchev–Trinajstić information content (AvgIpc) is 2.63. The molecule has 4 atom stereocenters. The minimum absolute atomic E-state index is 0.0967. The number of hydrogen-bond acceptors (Lipinski definition) is 4. The first kappa shape index (κ1) is 24.8. The fourth-order valence-electron chi connectivity index (χ4n) is 2.98. The molecule has 4 unspecified atom stereocenters. The lowest BCUT2D eigenvalue weighted by Crippen LogP contribution is -2.35. The summed E-state index contributed by atoms with van der Waals surface area (Å²) in [5.74, 6) is 1.23. The Kier molecular flexibility index (Phi) is 17.2. The zero-order valence-corrected chi connectivity index (χ0v) is 17.2. The van der Waals surface area contributed by atoms with Gasteiger partial charge in [0.1, 0.15) is 0 Å². The second-order valence-electron chi connectivity index (χ2n) is 7.40. The highest BCUT2D eigenvalue weighted by atomic mass is 16.5. The van der Waals surface area contributed by atoms with Gasteiger partial charge in [-0.05, 0) is 24.7 Å². The lowest BCUT2D eigenvalue weighted by Gasteiger charge is -2.27. The fourth-order valence-corrected chi connectivity index (χ4v) is 2.98. The van der Waals surface area contributed by atoms with Crippen molar-refractivity contribution in [2.24, 2.45) is 11.8 Å². The molecule has 1 heterocycles. The van der Waals surface area contributed by atoms with Gasteiger partial charge in [-0.15, -0.1) is 0 Å². The van der Waals surface area contributed by atoms with Crippen LogP contribution in [-0.4, -0.2) is 48.8 Å². The molecular weight excluding hydrogens is 316 g/mol. The Morgan fingerprint density at radius 1 is 0.960 bits per heavy atom. The van der Waals surface area contributed by atoms with E-state index in [9.17, 15) is 5.11 Å². The van der Waals surface area contributed by atoms with E-state index in [4.69, 9.17) is 14.6 Å². The fraction of sp³-hybridized carbons (Fsp3) is 1.00. The number of hydrogen-bond donors (Lipinski definition) is 2. The van der Waals surface area contributed by atoms with Crippen molar-refractivity contribution in [1.29, 1.82) is 0 Å². The third-order valence-electron chi connectivity index (χ3n) is 5.06. The maximum Gasteiger partial charge on any atom is 0.0834 e. The van der Waals surface area contributed by atoms with Gasteiger partial charge in [-0.2, -0.15) is 0 Å². The minimum atomic E-state index is -0.338. The van der Waals surface area contributed by atoms with Crippen LogP contribution in [0.25, 0.3) is 0 Å². The summed E-state index contributed by atoms with van der Waals surface area (Å²) in [6.45, 7) is 11.1. The number of aliphatic hydroxyl groups excluding tert-OH is 2. The maximum atomic E-state index is 9.44. The third-order valence-corrected chi connectivity index (χ3v) is 5.06.